The summed E-state index contributed by atoms with van der Waals surface area (Å²) in [6.07, 6.45) is 1.63. The van der Waals surface area contributed by atoms with Crippen molar-refractivity contribution < 1.29 is 4.79 Å². The van der Waals surface area contributed by atoms with E-state index in [0.29, 0.717) is 6.42 Å². The van der Waals surface area contributed by atoms with E-state index in [4.69, 9.17) is 11.5 Å². The van der Waals surface area contributed by atoms with E-state index in [1.165, 1.54) is 32.7 Å². The van der Waals surface area contributed by atoms with Gasteiger partial charge in [-0.2, -0.15) is 0 Å². The van der Waals surface area contributed by atoms with Gasteiger partial charge in [-0.1, -0.05) is 0 Å². The summed E-state index contributed by atoms with van der Waals surface area (Å²) in [6.45, 7) is 12.0. The first-order valence-corrected chi connectivity index (χ1v) is 8.81. The van der Waals surface area contributed by atoms with Gasteiger partial charge in [0.1, 0.15) is 0 Å². The van der Waals surface area contributed by atoms with Crippen molar-refractivity contribution in [2.75, 3.05) is 86.1 Å². The quantitative estimate of drug-likeness (QED) is 0.630. The molecule has 0 spiro atoms. The Bertz CT molecular complexity index is 309. The lowest BCUT2D eigenvalue weighted by atomic mass is 10.3. The first kappa shape index (κ1) is 20.3. The Balaban J connectivity index is 0.000000231. The average molecular weight is 329 g/mol. The second kappa shape index (κ2) is 11.8. The first-order chi connectivity index (χ1) is 11.0. The summed E-state index contributed by atoms with van der Waals surface area (Å²) in [4.78, 5) is 19.9. The number of nitrogens with two attached hydrogens (primary N) is 2. The molecule has 4 N–H and O–H groups in total. The van der Waals surface area contributed by atoms with Gasteiger partial charge in [-0.25, -0.2) is 0 Å². The largest absolute Gasteiger partial charge is 0.370 e. The lowest BCUT2D eigenvalue weighted by Gasteiger charge is -2.32. The van der Waals surface area contributed by atoms with E-state index in [9.17, 15) is 4.79 Å². The third kappa shape index (κ3) is 9.88. The van der Waals surface area contributed by atoms with Crippen LogP contribution >= 0.6 is 0 Å². The maximum Gasteiger partial charge on any atom is 0.218 e. The van der Waals surface area contributed by atoms with Gasteiger partial charge in [0.05, 0.1) is 0 Å². The van der Waals surface area contributed by atoms with Gasteiger partial charge in [0, 0.05) is 65.3 Å². The van der Waals surface area contributed by atoms with Crippen molar-refractivity contribution >= 4 is 5.91 Å². The molecule has 136 valence electrons. The van der Waals surface area contributed by atoms with Gasteiger partial charge in [-0.05, 0) is 33.6 Å². The SMILES string of the molecule is CN1CCN(CCC(N)=O)CC1.CN1CCN(CCCN)CC1. The summed E-state index contributed by atoms with van der Waals surface area (Å²) in [6, 6.07) is 0. The zero-order valence-corrected chi connectivity index (χ0v) is 15.0. The van der Waals surface area contributed by atoms with Gasteiger partial charge in [0.25, 0.3) is 0 Å². The first-order valence-electron chi connectivity index (χ1n) is 8.81. The average Bonchev–Trinajstić information content (AvgIpc) is 2.54. The molecule has 23 heavy (non-hydrogen) atoms. The molecule has 0 aromatic carbocycles. The molecule has 0 aromatic rings. The van der Waals surface area contributed by atoms with Crippen molar-refractivity contribution in [1.82, 2.24) is 19.6 Å². The van der Waals surface area contributed by atoms with E-state index in [2.05, 4.69) is 33.7 Å². The molecule has 0 aliphatic carbocycles. The number of piperazine rings is 2. The molecular weight excluding hydrogens is 292 g/mol. The predicted molar refractivity (Wildman–Crippen MR) is 95.4 cm³/mol. The Hall–Kier alpha value is -0.730. The summed E-state index contributed by atoms with van der Waals surface area (Å²) in [7, 11) is 4.30. The number of carbonyl (C=O) groups is 1. The fourth-order valence-electron chi connectivity index (χ4n) is 2.73. The van der Waals surface area contributed by atoms with E-state index in [-0.39, 0.29) is 5.91 Å². The Kier molecular flexibility index (Phi) is 10.4. The summed E-state index contributed by atoms with van der Waals surface area (Å²) in [5.74, 6) is -0.200. The molecule has 2 aliphatic heterocycles. The van der Waals surface area contributed by atoms with Crippen LogP contribution in [0.5, 0.6) is 0 Å². The fraction of sp³-hybridized carbons (Fsp3) is 0.938. The summed E-state index contributed by atoms with van der Waals surface area (Å²) in [5.41, 5.74) is 10.5. The Morgan fingerprint density at radius 1 is 0.826 bits per heavy atom. The van der Waals surface area contributed by atoms with Crippen LogP contribution in [0.2, 0.25) is 0 Å². The lowest BCUT2D eigenvalue weighted by molar-refractivity contribution is -0.118. The molecule has 2 fully saturated rings. The van der Waals surface area contributed by atoms with Gasteiger partial charge >= 0.3 is 0 Å². The molecule has 1 amide bonds. The summed E-state index contributed by atoms with van der Waals surface area (Å²) in [5, 5.41) is 0. The molecule has 2 saturated heterocycles. The molecular formula is C16H36N6O. The van der Waals surface area contributed by atoms with Gasteiger partial charge in [0.2, 0.25) is 5.91 Å². The fourth-order valence-corrected chi connectivity index (χ4v) is 2.73. The molecule has 0 saturated carbocycles. The minimum Gasteiger partial charge on any atom is -0.370 e. The number of carbonyl (C=O) groups excluding carboxylic acids is 1. The van der Waals surface area contributed by atoms with E-state index < -0.39 is 0 Å². The van der Waals surface area contributed by atoms with E-state index in [0.717, 1.165) is 45.7 Å². The third-order valence-electron chi connectivity index (χ3n) is 4.54. The van der Waals surface area contributed by atoms with Crippen LogP contribution in [0.4, 0.5) is 0 Å². The number of nitrogens with zero attached hydrogens (tertiary/aromatic N) is 4. The number of likely N-dealkylation sites (N-methyl/N-ethyl adjacent to an activating group) is 2. The number of hydrogen-bond acceptors (Lipinski definition) is 6. The Labute approximate surface area is 141 Å². The maximum absolute atomic E-state index is 10.5. The number of primary amides is 1. The lowest BCUT2D eigenvalue weighted by Crippen LogP contribution is -2.45. The number of hydrogen-bond donors (Lipinski definition) is 2. The normalized spacial score (nSPS) is 21.7. The highest BCUT2D eigenvalue weighted by Crippen LogP contribution is 1.99. The monoisotopic (exact) mass is 328 g/mol. The second-order valence-electron chi connectivity index (χ2n) is 6.65. The third-order valence-corrected chi connectivity index (χ3v) is 4.54. The van der Waals surface area contributed by atoms with Crippen LogP contribution < -0.4 is 11.5 Å². The van der Waals surface area contributed by atoms with Gasteiger partial charge in [-0.15, -0.1) is 0 Å². The van der Waals surface area contributed by atoms with Crippen LogP contribution in [0.15, 0.2) is 0 Å². The zero-order valence-electron chi connectivity index (χ0n) is 15.0. The van der Waals surface area contributed by atoms with Gasteiger partial charge < -0.3 is 31.1 Å². The molecule has 7 nitrogen and oxygen atoms in total. The molecule has 2 heterocycles. The molecule has 7 heteroatoms. The van der Waals surface area contributed by atoms with Gasteiger partial charge in [-0.3, -0.25) is 4.79 Å². The van der Waals surface area contributed by atoms with Crippen molar-refractivity contribution in [3.05, 3.63) is 0 Å². The molecule has 2 rings (SSSR count). The minimum absolute atomic E-state index is 0.200. The van der Waals surface area contributed by atoms with E-state index >= 15 is 0 Å². The molecule has 0 bridgehead atoms. The van der Waals surface area contributed by atoms with Crippen molar-refractivity contribution in [3.8, 4) is 0 Å². The van der Waals surface area contributed by atoms with Crippen molar-refractivity contribution in [2.24, 2.45) is 11.5 Å². The van der Waals surface area contributed by atoms with Crippen LogP contribution in [-0.2, 0) is 4.79 Å². The van der Waals surface area contributed by atoms with Gasteiger partial charge in [0.15, 0.2) is 0 Å². The van der Waals surface area contributed by atoms with E-state index in [1.54, 1.807) is 0 Å². The molecule has 2 aliphatic rings. The standard InChI is InChI=1S/C8H17N3O.C8H19N3/c1-10-4-6-11(7-5-10)3-2-8(9)12;1-10-5-7-11(8-6-10)4-2-3-9/h2-7H2,1H3,(H2,9,12);2-9H2,1H3. The van der Waals surface area contributed by atoms with Crippen molar-refractivity contribution in [1.29, 1.82) is 0 Å². The predicted octanol–water partition coefficient (Wildman–Crippen LogP) is -1.31. The van der Waals surface area contributed by atoms with Crippen LogP contribution in [0.25, 0.3) is 0 Å². The second-order valence-corrected chi connectivity index (χ2v) is 6.65. The van der Waals surface area contributed by atoms with Crippen molar-refractivity contribution in [3.63, 3.8) is 0 Å². The van der Waals surface area contributed by atoms with Crippen molar-refractivity contribution in [2.45, 2.75) is 12.8 Å². The highest BCUT2D eigenvalue weighted by Gasteiger charge is 2.13. The number of rotatable bonds is 6. The van der Waals surface area contributed by atoms with Crippen LogP contribution in [0.3, 0.4) is 0 Å². The smallest absolute Gasteiger partial charge is 0.218 e. The minimum atomic E-state index is -0.200. The molecule has 0 aromatic heterocycles. The molecule has 0 unspecified atom stereocenters. The summed E-state index contributed by atoms with van der Waals surface area (Å²) < 4.78 is 0. The Morgan fingerprint density at radius 2 is 1.26 bits per heavy atom. The summed E-state index contributed by atoms with van der Waals surface area (Å²) >= 11 is 0. The highest BCUT2D eigenvalue weighted by molar-refractivity contribution is 5.73. The van der Waals surface area contributed by atoms with Crippen LogP contribution in [0.1, 0.15) is 12.8 Å². The molecule has 0 radical (unpaired) electrons. The molecule has 0 atom stereocenters. The van der Waals surface area contributed by atoms with Crippen LogP contribution in [0, 0.1) is 0 Å². The Morgan fingerprint density at radius 3 is 1.65 bits per heavy atom. The number of amides is 1. The zero-order chi connectivity index (χ0) is 17.1. The topological polar surface area (TPSA) is 82.1 Å². The highest BCUT2D eigenvalue weighted by atomic mass is 16.1. The van der Waals surface area contributed by atoms with E-state index in [1.807, 2.05) is 0 Å². The van der Waals surface area contributed by atoms with Crippen LogP contribution in [-0.4, -0.2) is 112 Å². The maximum atomic E-state index is 10.5.